The molecule has 0 atom stereocenters. The summed E-state index contributed by atoms with van der Waals surface area (Å²) in [7, 11) is 0. The molecule has 0 N–H and O–H groups in total. The molecule has 2 nitrogen and oxygen atoms in total. The van der Waals surface area contributed by atoms with E-state index in [9.17, 15) is 0 Å². The first-order valence-electron chi connectivity index (χ1n) is 5.52. The number of rotatable bonds is 6. The molecule has 0 aliphatic carbocycles. The van der Waals surface area contributed by atoms with Gasteiger partial charge in [-0.3, -0.25) is 0 Å². The molecule has 84 valence electrons. The summed E-state index contributed by atoms with van der Waals surface area (Å²) in [4.78, 5) is 6.89. The van der Waals surface area contributed by atoms with Gasteiger partial charge in [0.2, 0.25) is 0 Å². The second-order valence-electron chi connectivity index (χ2n) is 3.67. The van der Waals surface area contributed by atoms with Crippen LogP contribution in [-0.4, -0.2) is 23.4 Å². The van der Waals surface area contributed by atoms with Crippen LogP contribution in [0.25, 0.3) is 0 Å². The highest BCUT2D eigenvalue weighted by atomic mass is 79.9. The summed E-state index contributed by atoms with van der Waals surface area (Å²) in [6.45, 7) is 6.38. The van der Waals surface area contributed by atoms with E-state index in [1.54, 1.807) is 0 Å². The molecule has 1 rings (SSSR count). The first kappa shape index (κ1) is 12.5. The third-order valence-electron chi connectivity index (χ3n) is 2.33. The Hall–Kier alpha value is -0.570. The van der Waals surface area contributed by atoms with Crippen LogP contribution in [0.1, 0.15) is 25.5 Å². The molecule has 1 aromatic rings. The van der Waals surface area contributed by atoms with E-state index < -0.39 is 0 Å². The Bertz CT molecular complexity index is 289. The molecule has 0 bridgehead atoms. The van der Waals surface area contributed by atoms with Gasteiger partial charge in [-0.1, -0.05) is 35.3 Å². The van der Waals surface area contributed by atoms with Gasteiger partial charge >= 0.3 is 0 Å². The lowest BCUT2D eigenvalue weighted by molar-refractivity contribution is 0.726. The van der Waals surface area contributed by atoms with Gasteiger partial charge in [-0.15, -0.1) is 0 Å². The first-order chi connectivity index (χ1) is 7.27. The second-order valence-corrected chi connectivity index (χ2v) is 4.46. The molecule has 1 aromatic heterocycles. The lowest BCUT2D eigenvalue weighted by Crippen LogP contribution is -2.27. The highest BCUT2D eigenvalue weighted by Gasteiger charge is 2.05. The molecule has 15 heavy (non-hydrogen) atoms. The van der Waals surface area contributed by atoms with Crippen LogP contribution in [0.3, 0.4) is 0 Å². The minimum absolute atomic E-state index is 0.992. The van der Waals surface area contributed by atoms with Crippen molar-refractivity contribution in [2.24, 2.45) is 0 Å². The monoisotopic (exact) mass is 270 g/mol. The molecule has 0 saturated heterocycles. The molecule has 0 spiro atoms. The maximum absolute atomic E-state index is 4.55. The number of hydrogen-bond acceptors (Lipinski definition) is 2. The van der Waals surface area contributed by atoms with Crippen LogP contribution in [0.15, 0.2) is 18.2 Å². The van der Waals surface area contributed by atoms with Gasteiger partial charge in [-0.05, 0) is 25.5 Å². The summed E-state index contributed by atoms with van der Waals surface area (Å²) in [5.41, 5.74) is 1.09. The quantitative estimate of drug-likeness (QED) is 0.737. The number of hydrogen-bond donors (Lipinski definition) is 0. The number of unbranched alkanes of at least 4 members (excludes halogenated alkanes) is 1. The van der Waals surface area contributed by atoms with Gasteiger partial charge in [-0.2, -0.15) is 0 Å². The van der Waals surface area contributed by atoms with Crippen molar-refractivity contribution in [3.05, 3.63) is 23.9 Å². The van der Waals surface area contributed by atoms with Crippen LogP contribution in [0.2, 0.25) is 0 Å². The number of halogens is 1. The molecule has 0 aliphatic heterocycles. The summed E-state index contributed by atoms with van der Waals surface area (Å²) < 4.78 is 0. The van der Waals surface area contributed by atoms with E-state index in [0.29, 0.717) is 0 Å². The van der Waals surface area contributed by atoms with E-state index in [1.165, 1.54) is 12.8 Å². The number of alkyl halides is 1. The Morgan fingerprint density at radius 3 is 2.73 bits per heavy atom. The van der Waals surface area contributed by atoms with Crippen LogP contribution < -0.4 is 4.90 Å². The van der Waals surface area contributed by atoms with Crippen molar-refractivity contribution in [1.82, 2.24) is 4.98 Å². The molecule has 0 aromatic carbocycles. The van der Waals surface area contributed by atoms with Crippen LogP contribution in [0.5, 0.6) is 0 Å². The fourth-order valence-electron chi connectivity index (χ4n) is 1.50. The lowest BCUT2D eigenvalue weighted by atomic mass is 10.3. The Kier molecular flexibility index (Phi) is 5.69. The summed E-state index contributed by atoms with van der Waals surface area (Å²) in [6, 6.07) is 6.20. The Balaban J connectivity index is 2.69. The Morgan fingerprint density at radius 1 is 1.33 bits per heavy atom. The van der Waals surface area contributed by atoms with Gasteiger partial charge in [0.05, 0.1) is 0 Å². The van der Waals surface area contributed by atoms with Crippen LogP contribution >= 0.6 is 15.9 Å². The normalized spacial score (nSPS) is 10.3. The number of pyridine rings is 1. The Morgan fingerprint density at radius 2 is 2.13 bits per heavy atom. The zero-order valence-corrected chi connectivity index (χ0v) is 11.1. The minimum Gasteiger partial charge on any atom is -0.356 e. The van der Waals surface area contributed by atoms with E-state index >= 15 is 0 Å². The molecule has 0 radical (unpaired) electrons. The van der Waals surface area contributed by atoms with Gasteiger partial charge in [0.15, 0.2) is 0 Å². The molecule has 1 heterocycles. The number of anilines is 1. The summed E-state index contributed by atoms with van der Waals surface area (Å²) in [5, 5.41) is 0.992. The molecule has 0 aliphatic rings. The maximum atomic E-state index is 4.55. The summed E-state index contributed by atoms with van der Waals surface area (Å²) >= 11 is 3.49. The van der Waals surface area contributed by atoms with Gasteiger partial charge in [0, 0.05) is 24.1 Å². The number of aromatic nitrogens is 1. The maximum Gasteiger partial charge on any atom is 0.128 e. The van der Waals surface area contributed by atoms with Gasteiger partial charge < -0.3 is 4.90 Å². The fraction of sp³-hybridized carbons (Fsp3) is 0.583. The molecular formula is C12H19BrN2. The number of aryl methyl sites for hydroxylation is 1. The smallest absolute Gasteiger partial charge is 0.128 e. The SMILES string of the molecule is CCCCN(CCBr)c1cccc(C)n1. The standard InChI is InChI=1S/C12H19BrN2/c1-3-4-9-15(10-8-13)12-7-5-6-11(2)14-12/h5-7H,3-4,8-10H2,1-2H3. The van der Waals surface area contributed by atoms with E-state index in [0.717, 1.165) is 29.9 Å². The lowest BCUT2D eigenvalue weighted by Gasteiger charge is -2.22. The molecular weight excluding hydrogens is 252 g/mol. The second kappa shape index (κ2) is 6.83. The van der Waals surface area contributed by atoms with Crippen molar-refractivity contribution < 1.29 is 0 Å². The highest BCUT2D eigenvalue weighted by Crippen LogP contribution is 2.12. The van der Waals surface area contributed by atoms with Crippen molar-refractivity contribution >= 4 is 21.7 Å². The highest BCUT2D eigenvalue weighted by molar-refractivity contribution is 9.09. The average Bonchev–Trinajstić information content (AvgIpc) is 2.24. The largest absolute Gasteiger partial charge is 0.356 e. The van der Waals surface area contributed by atoms with Crippen molar-refractivity contribution in [2.75, 3.05) is 23.3 Å². The van der Waals surface area contributed by atoms with E-state index in [4.69, 9.17) is 0 Å². The molecule has 0 amide bonds. The third kappa shape index (κ3) is 4.20. The molecule has 0 fully saturated rings. The van der Waals surface area contributed by atoms with Gasteiger partial charge in [-0.25, -0.2) is 4.98 Å². The van der Waals surface area contributed by atoms with Crippen LogP contribution in [0, 0.1) is 6.92 Å². The summed E-state index contributed by atoms with van der Waals surface area (Å²) in [6.07, 6.45) is 2.45. The van der Waals surface area contributed by atoms with Crippen LogP contribution in [-0.2, 0) is 0 Å². The van der Waals surface area contributed by atoms with Gasteiger partial charge in [0.25, 0.3) is 0 Å². The topological polar surface area (TPSA) is 16.1 Å². The van der Waals surface area contributed by atoms with E-state index in [1.807, 2.05) is 13.0 Å². The minimum atomic E-state index is 0.992. The predicted molar refractivity (Wildman–Crippen MR) is 69.9 cm³/mol. The fourth-order valence-corrected chi connectivity index (χ4v) is 1.92. The van der Waals surface area contributed by atoms with Crippen molar-refractivity contribution in [2.45, 2.75) is 26.7 Å². The summed E-state index contributed by atoms with van der Waals surface area (Å²) in [5.74, 6) is 1.10. The zero-order valence-electron chi connectivity index (χ0n) is 9.54. The Labute approximate surface area is 101 Å². The average molecular weight is 271 g/mol. The van der Waals surface area contributed by atoms with Crippen molar-refractivity contribution in [1.29, 1.82) is 0 Å². The third-order valence-corrected chi connectivity index (χ3v) is 2.69. The van der Waals surface area contributed by atoms with Crippen molar-refractivity contribution in [3.8, 4) is 0 Å². The molecule has 3 heteroatoms. The van der Waals surface area contributed by atoms with E-state index in [2.05, 4.69) is 44.9 Å². The molecule has 0 saturated carbocycles. The molecule has 0 unspecified atom stereocenters. The first-order valence-corrected chi connectivity index (χ1v) is 6.64. The van der Waals surface area contributed by atoms with Gasteiger partial charge in [0.1, 0.15) is 5.82 Å². The number of nitrogens with zero attached hydrogens (tertiary/aromatic N) is 2. The van der Waals surface area contributed by atoms with Crippen LogP contribution in [0.4, 0.5) is 5.82 Å². The van der Waals surface area contributed by atoms with Crippen molar-refractivity contribution in [3.63, 3.8) is 0 Å². The predicted octanol–water partition coefficient (Wildman–Crippen LogP) is 3.39. The zero-order chi connectivity index (χ0) is 11.1. The van der Waals surface area contributed by atoms with E-state index in [-0.39, 0.29) is 0 Å².